The van der Waals surface area contributed by atoms with Crippen LogP contribution in [0.4, 0.5) is 0 Å². The van der Waals surface area contributed by atoms with Gasteiger partial charge in [0.2, 0.25) is 8.32 Å². The number of hydrogen-bond acceptors (Lipinski definition) is 2. The fourth-order valence-corrected chi connectivity index (χ4v) is 3.35. The lowest BCUT2D eigenvalue weighted by molar-refractivity contribution is 0.269. The van der Waals surface area contributed by atoms with Crippen molar-refractivity contribution in [2.24, 2.45) is 0 Å². The summed E-state index contributed by atoms with van der Waals surface area (Å²) >= 11 is 0. The van der Waals surface area contributed by atoms with E-state index in [0.717, 1.165) is 24.5 Å². The summed E-state index contributed by atoms with van der Waals surface area (Å²) in [7, 11) is -1.82. The van der Waals surface area contributed by atoms with E-state index in [0.29, 0.717) is 6.61 Å². The highest BCUT2D eigenvalue weighted by molar-refractivity contribution is 6.72. The highest BCUT2D eigenvalue weighted by atomic mass is 28.4. The molecule has 1 atom stereocenters. The lowest BCUT2D eigenvalue weighted by Crippen LogP contribution is -2.39. The van der Waals surface area contributed by atoms with Crippen LogP contribution in [0.25, 0.3) is 0 Å². The maximum Gasteiger partial charge on any atom is 0.214 e. The number of hydrogen-bond donors (Lipinski definition) is 1. The zero-order valence-corrected chi connectivity index (χ0v) is 10.4. The molecule has 0 aliphatic carbocycles. The second-order valence-corrected chi connectivity index (χ2v) is 7.76. The van der Waals surface area contributed by atoms with Gasteiger partial charge in [-0.15, -0.1) is 0 Å². The molecule has 0 aromatic carbocycles. The van der Waals surface area contributed by atoms with Crippen LogP contribution < -0.4 is 0 Å². The Balaban J connectivity index is 3.82. The summed E-state index contributed by atoms with van der Waals surface area (Å²) in [6.07, 6.45) is 3.99. The summed E-state index contributed by atoms with van der Waals surface area (Å²) in [4.78, 5) is 0. The molecular formula is C11H22O2Si. The summed E-state index contributed by atoms with van der Waals surface area (Å²) in [6, 6.07) is 0.990. The van der Waals surface area contributed by atoms with Gasteiger partial charge in [0.1, 0.15) is 0 Å². The molecule has 0 aromatic heterocycles. The maximum atomic E-state index is 9.23. The lowest BCUT2D eigenvalue weighted by Gasteiger charge is -2.24. The molecule has 0 aromatic rings. The van der Waals surface area contributed by atoms with E-state index in [1.54, 1.807) is 6.08 Å². The highest BCUT2D eigenvalue weighted by Crippen LogP contribution is 2.17. The number of rotatable bonds is 8. The minimum absolute atomic E-state index is 0.210. The molecule has 0 saturated heterocycles. The predicted molar refractivity (Wildman–Crippen MR) is 63.7 cm³/mol. The molecule has 3 heteroatoms. The van der Waals surface area contributed by atoms with E-state index < -0.39 is 8.32 Å². The first-order chi connectivity index (χ1) is 6.58. The van der Waals surface area contributed by atoms with E-state index in [1.807, 2.05) is 6.92 Å². The van der Waals surface area contributed by atoms with Crippen LogP contribution in [-0.2, 0) is 4.43 Å². The molecule has 1 unspecified atom stereocenters. The number of allylic oxidation sites excluding steroid dienone is 2. The largest absolute Gasteiger partial charge is 0.415 e. The van der Waals surface area contributed by atoms with Gasteiger partial charge in [-0.25, -0.2) is 0 Å². The molecule has 0 bridgehead atoms. The molecule has 0 saturated carbocycles. The molecule has 0 amide bonds. The van der Waals surface area contributed by atoms with Crippen LogP contribution in [0.5, 0.6) is 0 Å². The van der Waals surface area contributed by atoms with E-state index in [2.05, 4.69) is 19.7 Å². The average Bonchev–Trinajstić information content (AvgIpc) is 2.18. The minimum Gasteiger partial charge on any atom is -0.415 e. The van der Waals surface area contributed by atoms with Crippen molar-refractivity contribution in [3.8, 4) is 0 Å². The van der Waals surface area contributed by atoms with Crippen molar-refractivity contribution in [3.63, 3.8) is 0 Å². The van der Waals surface area contributed by atoms with Gasteiger partial charge < -0.3 is 9.53 Å². The van der Waals surface area contributed by atoms with Gasteiger partial charge in [-0.3, -0.25) is 0 Å². The smallest absolute Gasteiger partial charge is 0.214 e. The molecule has 0 aliphatic heterocycles. The molecule has 2 nitrogen and oxygen atoms in total. The molecule has 0 fully saturated rings. The van der Waals surface area contributed by atoms with Crippen molar-refractivity contribution >= 4 is 8.32 Å². The zero-order valence-electron chi connectivity index (χ0n) is 9.38. The van der Waals surface area contributed by atoms with E-state index in [4.69, 9.17) is 4.43 Å². The van der Waals surface area contributed by atoms with Crippen LogP contribution in [-0.4, -0.2) is 26.3 Å². The number of aliphatic hydroxyl groups excluding tert-OH is 1. The first kappa shape index (κ1) is 13.6. The van der Waals surface area contributed by atoms with Crippen LogP contribution in [0, 0.1) is 0 Å². The Bertz CT molecular complexity index is 192. The Kier molecular flexibility index (Phi) is 6.79. The Morgan fingerprint density at radius 3 is 2.64 bits per heavy atom. The molecule has 0 heterocycles. The van der Waals surface area contributed by atoms with Gasteiger partial charge in [0.15, 0.2) is 0 Å². The summed E-state index contributed by atoms with van der Waals surface area (Å²) in [5, 5.41) is 9.23. The highest BCUT2D eigenvalue weighted by Gasteiger charge is 2.26. The fourth-order valence-electron chi connectivity index (χ4n) is 1.34. The van der Waals surface area contributed by atoms with Crippen LogP contribution in [0.2, 0.25) is 12.6 Å². The van der Waals surface area contributed by atoms with Crippen molar-refractivity contribution in [2.75, 3.05) is 12.8 Å². The quantitative estimate of drug-likeness (QED) is 0.497. The van der Waals surface area contributed by atoms with Crippen LogP contribution in [0.15, 0.2) is 24.8 Å². The molecule has 0 spiro atoms. The normalized spacial score (nSPS) is 14.8. The standard InChI is InChI=1S/C11H22O2Si/c1-5-11(3)8-7-9-14(4,10-12)13-6-2/h5,12H,1,3,6-10H2,2,4H3. The second kappa shape index (κ2) is 6.98. The van der Waals surface area contributed by atoms with Gasteiger partial charge in [-0.05, 0) is 32.4 Å². The van der Waals surface area contributed by atoms with Gasteiger partial charge >= 0.3 is 0 Å². The molecular weight excluding hydrogens is 192 g/mol. The van der Waals surface area contributed by atoms with Crippen molar-refractivity contribution in [1.29, 1.82) is 0 Å². The summed E-state index contributed by atoms with van der Waals surface area (Å²) < 4.78 is 5.63. The SMILES string of the molecule is C=CC(=C)CCC[Si](C)(CO)OCC. The third-order valence-electron chi connectivity index (χ3n) is 2.32. The monoisotopic (exact) mass is 214 g/mol. The molecule has 1 N–H and O–H groups in total. The van der Waals surface area contributed by atoms with Gasteiger partial charge in [0, 0.05) is 6.61 Å². The van der Waals surface area contributed by atoms with Crippen LogP contribution in [0.1, 0.15) is 19.8 Å². The van der Waals surface area contributed by atoms with Gasteiger partial charge in [-0.2, -0.15) is 0 Å². The molecule has 0 rings (SSSR count). The predicted octanol–water partition coefficient (Wildman–Crippen LogP) is 2.65. The van der Waals surface area contributed by atoms with Crippen molar-refractivity contribution < 1.29 is 9.53 Å². The van der Waals surface area contributed by atoms with Gasteiger partial charge in [0.25, 0.3) is 0 Å². The fraction of sp³-hybridized carbons (Fsp3) is 0.636. The van der Waals surface area contributed by atoms with Crippen molar-refractivity contribution in [2.45, 2.75) is 32.4 Å². The third-order valence-corrected chi connectivity index (χ3v) is 5.39. The lowest BCUT2D eigenvalue weighted by atomic mass is 10.2. The Labute approximate surface area is 88.4 Å². The van der Waals surface area contributed by atoms with Gasteiger partial charge in [-0.1, -0.05) is 24.8 Å². The topological polar surface area (TPSA) is 29.5 Å². The van der Waals surface area contributed by atoms with E-state index in [1.165, 1.54) is 0 Å². The van der Waals surface area contributed by atoms with Crippen LogP contribution in [0.3, 0.4) is 0 Å². The zero-order chi connectivity index (χ0) is 11.0. The minimum atomic E-state index is -1.82. The molecule has 14 heavy (non-hydrogen) atoms. The molecule has 0 radical (unpaired) electrons. The van der Waals surface area contributed by atoms with Gasteiger partial charge in [0.05, 0.1) is 6.23 Å². The third kappa shape index (κ3) is 5.37. The molecule has 82 valence electrons. The Morgan fingerprint density at radius 1 is 1.57 bits per heavy atom. The summed E-state index contributed by atoms with van der Waals surface area (Å²) in [5.41, 5.74) is 1.07. The first-order valence-electron chi connectivity index (χ1n) is 5.13. The Hall–Kier alpha value is -0.383. The Morgan fingerprint density at radius 2 is 2.21 bits per heavy atom. The first-order valence-corrected chi connectivity index (χ1v) is 7.95. The van der Waals surface area contributed by atoms with Crippen molar-refractivity contribution in [3.05, 3.63) is 24.8 Å². The van der Waals surface area contributed by atoms with Crippen LogP contribution >= 0.6 is 0 Å². The molecule has 0 aliphatic rings. The van der Waals surface area contributed by atoms with E-state index in [-0.39, 0.29) is 6.23 Å². The van der Waals surface area contributed by atoms with E-state index in [9.17, 15) is 5.11 Å². The maximum absolute atomic E-state index is 9.23. The number of aliphatic hydroxyl groups is 1. The summed E-state index contributed by atoms with van der Waals surface area (Å²) in [5.74, 6) is 0. The van der Waals surface area contributed by atoms with E-state index >= 15 is 0 Å². The van der Waals surface area contributed by atoms with Crippen molar-refractivity contribution in [1.82, 2.24) is 0 Å². The average molecular weight is 214 g/mol. The second-order valence-electron chi connectivity index (χ2n) is 3.76. The summed E-state index contributed by atoms with van der Waals surface area (Å²) in [6.45, 7) is 12.3.